The van der Waals surface area contributed by atoms with E-state index in [1.807, 2.05) is 13.8 Å². The molecule has 2 heteroatoms. The van der Waals surface area contributed by atoms with Crippen LogP contribution in [-0.4, -0.2) is 22.4 Å². The van der Waals surface area contributed by atoms with Crippen LogP contribution in [0.25, 0.3) is 0 Å². The fourth-order valence-corrected chi connectivity index (χ4v) is 9.40. The van der Waals surface area contributed by atoms with Gasteiger partial charge in [-0.15, -0.1) is 0 Å². The third-order valence-corrected chi connectivity index (χ3v) is 11.0. The van der Waals surface area contributed by atoms with Gasteiger partial charge in [-0.05, 0) is 110 Å². The van der Waals surface area contributed by atoms with E-state index in [0.29, 0.717) is 16.7 Å². The highest BCUT2D eigenvalue weighted by Gasteiger charge is 2.60. The Morgan fingerprint density at radius 3 is 2.24 bits per heavy atom. The molecule has 0 aromatic carbocycles. The first kappa shape index (κ1) is 22.1. The monoisotopic (exact) mass is 404 g/mol. The van der Waals surface area contributed by atoms with E-state index in [4.69, 9.17) is 0 Å². The second-order valence-electron chi connectivity index (χ2n) is 12.6. The molecule has 0 spiro atoms. The third-order valence-electron chi connectivity index (χ3n) is 11.0. The molecule has 4 aliphatic carbocycles. The van der Waals surface area contributed by atoms with Crippen LogP contribution in [0.1, 0.15) is 105 Å². The maximum atomic E-state index is 10.6. The van der Waals surface area contributed by atoms with Gasteiger partial charge in [0.2, 0.25) is 0 Å². The lowest BCUT2D eigenvalue weighted by Crippen LogP contribution is -2.53. The lowest BCUT2D eigenvalue weighted by atomic mass is 9.44. The molecule has 2 nitrogen and oxygen atoms in total. The molecule has 0 radical (unpaired) electrons. The topological polar surface area (TPSA) is 40.5 Å². The van der Waals surface area contributed by atoms with Crippen LogP contribution in [0.15, 0.2) is 0 Å². The minimum atomic E-state index is -0.584. The molecular weight excluding hydrogens is 356 g/mol. The van der Waals surface area contributed by atoms with Gasteiger partial charge in [-0.2, -0.15) is 0 Å². The molecule has 0 aromatic heterocycles. The van der Waals surface area contributed by atoms with Crippen molar-refractivity contribution in [3.05, 3.63) is 0 Å². The second kappa shape index (κ2) is 8.12. The average Bonchev–Trinajstić information content (AvgIpc) is 3.04. The molecule has 4 fully saturated rings. The van der Waals surface area contributed by atoms with Crippen molar-refractivity contribution in [3.63, 3.8) is 0 Å². The van der Waals surface area contributed by atoms with Gasteiger partial charge in [-0.25, -0.2) is 0 Å². The Labute approximate surface area is 180 Å². The Kier molecular flexibility index (Phi) is 6.19. The van der Waals surface area contributed by atoms with E-state index < -0.39 is 12.2 Å². The molecule has 4 aliphatic rings. The highest BCUT2D eigenvalue weighted by Crippen LogP contribution is 2.68. The lowest BCUT2D eigenvalue weighted by molar-refractivity contribution is -0.116. The Hall–Kier alpha value is -0.0800. The van der Waals surface area contributed by atoms with E-state index in [1.54, 1.807) is 0 Å². The van der Waals surface area contributed by atoms with Crippen LogP contribution in [-0.2, 0) is 0 Å². The highest BCUT2D eigenvalue weighted by atomic mass is 16.3. The Morgan fingerprint density at radius 1 is 0.793 bits per heavy atom. The number of hydrogen-bond donors (Lipinski definition) is 2. The van der Waals surface area contributed by atoms with E-state index in [-0.39, 0.29) is 5.92 Å². The smallest absolute Gasteiger partial charge is 0.0822 e. The van der Waals surface area contributed by atoms with Gasteiger partial charge in [0, 0.05) is 0 Å². The zero-order chi connectivity index (χ0) is 21.0. The summed E-state index contributed by atoms with van der Waals surface area (Å²) in [6, 6.07) is 0. The van der Waals surface area contributed by atoms with Crippen LogP contribution in [0, 0.1) is 52.3 Å². The summed E-state index contributed by atoms with van der Waals surface area (Å²) in [6.07, 6.45) is 14.1. The minimum Gasteiger partial charge on any atom is -0.390 e. The van der Waals surface area contributed by atoms with E-state index in [2.05, 4.69) is 20.8 Å². The summed E-state index contributed by atoms with van der Waals surface area (Å²) < 4.78 is 0. The number of fused-ring (bicyclic) bond motifs is 5. The number of aliphatic hydroxyl groups is 2. The summed E-state index contributed by atoms with van der Waals surface area (Å²) in [4.78, 5) is 0. The van der Waals surface area contributed by atoms with Crippen LogP contribution in [0.5, 0.6) is 0 Å². The maximum Gasteiger partial charge on any atom is 0.0822 e. The molecule has 10 atom stereocenters. The van der Waals surface area contributed by atoms with E-state index in [0.717, 1.165) is 36.0 Å². The van der Waals surface area contributed by atoms with Crippen molar-refractivity contribution >= 4 is 0 Å². The molecule has 0 aliphatic heterocycles. The number of hydrogen-bond acceptors (Lipinski definition) is 2. The van der Waals surface area contributed by atoms with E-state index in [1.165, 1.54) is 64.2 Å². The van der Waals surface area contributed by atoms with Gasteiger partial charge in [0.05, 0.1) is 12.2 Å². The van der Waals surface area contributed by atoms with Crippen molar-refractivity contribution in [1.82, 2.24) is 0 Å². The van der Waals surface area contributed by atoms with Crippen LogP contribution >= 0.6 is 0 Å². The molecule has 168 valence electrons. The SMILES string of the molecule is CC(C)C(O)C(O)C[C@@H](C)[C@H]1CC[C@H]2[C@@H]3CCC4CCCC[C@]4(C)[C@H]3CC[C@]12C. The fourth-order valence-electron chi connectivity index (χ4n) is 9.40. The summed E-state index contributed by atoms with van der Waals surface area (Å²) in [5.74, 6) is 5.20. The second-order valence-corrected chi connectivity index (χ2v) is 12.6. The van der Waals surface area contributed by atoms with Gasteiger partial charge in [0.15, 0.2) is 0 Å². The molecule has 0 aromatic rings. The third kappa shape index (κ3) is 3.63. The molecule has 0 bridgehead atoms. The molecular formula is C27H48O2. The van der Waals surface area contributed by atoms with Gasteiger partial charge >= 0.3 is 0 Å². The van der Waals surface area contributed by atoms with Crippen molar-refractivity contribution < 1.29 is 10.2 Å². The summed E-state index contributed by atoms with van der Waals surface area (Å²) in [6.45, 7) is 11.7. The maximum absolute atomic E-state index is 10.6. The zero-order valence-corrected chi connectivity index (χ0v) is 19.9. The van der Waals surface area contributed by atoms with E-state index >= 15 is 0 Å². The van der Waals surface area contributed by atoms with Crippen LogP contribution in [0.4, 0.5) is 0 Å². The minimum absolute atomic E-state index is 0.131. The molecule has 3 unspecified atom stereocenters. The Balaban J connectivity index is 1.48. The lowest BCUT2D eigenvalue weighted by Gasteiger charge is -2.61. The van der Waals surface area contributed by atoms with Gasteiger partial charge in [-0.3, -0.25) is 0 Å². The highest BCUT2D eigenvalue weighted by molar-refractivity contribution is 5.09. The zero-order valence-electron chi connectivity index (χ0n) is 19.9. The van der Waals surface area contributed by atoms with Crippen molar-refractivity contribution in [3.8, 4) is 0 Å². The first-order valence-electron chi connectivity index (χ1n) is 13.0. The van der Waals surface area contributed by atoms with Gasteiger partial charge in [-0.1, -0.05) is 47.5 Å². The normalized spacial score (nSPS) is 47.8. The summed E-state index contributed by atoms with van der Waals surface area (Å²) in [5.41, 5.74) is 1.09. The summed E-state index contributed by atoms with van der Waals surface area (Å²) >= 11 is 0. The van der Waals surface area contributed by atoms with Crippen molar-refractivity contribution in [2.24, 2.45) is 52.3 Å². The fraction of sp³-hybridized carbons (Fsp3) is 1.00. The molecule has 2 N–H and O–H groups in total. The predicted octanol–water partition coefficient (Wildman–Crippen LogP) is 6.44. The van der Waals surface area contributed by atoms with Gasteiger partial charge in [0.1, 0.15) is 0 Å². The Bertz CT molecular complexity index is 573. The molecule has 29 heavy (non-hydrogen) atoms. The Morgan fingerprint density at radius 2 is 1.52 bits per heavy atom. The quantitative estimate of drug-likeness (QED) is 0.553. The molecule has 0 heterocycles. The molecule has 0 amide bonds. The average molecular weight is 405 g/mol. The molecule has 4 saturated carbocycles. The summed E-state index contributed by atoms with van der Waals surface area (Å²) in [7, 11) is 0. The van der Waals surface area contributed by atoms with Crippen LogP contribution < -0.4 is 0 Å². The largest absolute Gasteiger partial charge is 0.390 e. The van der Waals surface area contributed by atoms with Crippen molar-refractivity contribution in [1.29, 1.82) is 0 Å². The summed E-state index contributed by atoms with van der Waals surface area (Å²) in [5, 5.41) is 20.9. The first-order chi connectivity index (χ1) is 13.7. The standard InChI is InChI=1S/C27H48O2/c1-17(2)25(29)24(28)16-18(3)21-11-12-22-20-10-9-19-8-6-7-14-26(19,4)23(20)13-15-27(21,22)5/h17-25,28-29H,6-16H2,1-5H3/t18-,19?,20+,21-,22+,23+,24?,25?,26+,27-/m1/s1. The van der Waals surface area contributed by atoms with Gasteiger partial charge in [0.25, 0.3) is 0 Å². The number of aliphatic hydroxyl groups excluding tert-OH is 2. The van der Waals surface area contributed by atoms with Crippen molar-refractivity contribution in [2.75, 3.05) is 0 Å². The van der Waals surface area contributed by atoms with E-state index in [9.17, 15) is 10.2 Å². The predicted molar refractivity (Wildman–Crippen MR) is 120 cm³/mol. The molecule has 4 rings (SSSR count). The van der Waals surface area contributed by atoms with Crippen LogP contribution in [0.3, 0.4) is 0 Å². The first-order valence-corrected chi connectivity index (χ1v) is 13.0. The number of rotatable bonds is 5. The van der Waals surface area contributed by atoms with Crippen molar-refractivity contribution in [2.45, 2.75) is 117 Å². The van der Waals surface area contributed by atoms with Crippen LogP contribution in [0.2, 0.25) is 0 Å². The molecule has 0 saturated heterocycles. The van der Waals surface area contributed by atoms with Gasteiger partial charge < -0.3 is 10.2 Å².